The first-order valence-corrected chi connectivity index (χ1v) is 10.5. The van der Waals surface area contributed by atoms with Crippen molar-refractivity contribution in [3.63, 3.8) is 0 Å². The molecule has 0 saturated carbocycles. The van der Waals surface area contributed by atoms with Gasteiger partial charge in [0.1, 0.15) is 0 Å². The van der Waals surface area contributed by atoms with Crippen molar-refractivity contribution in [2.45, 2.75) is 91.9 Å². The monoisotopic (exact) mass is 432 g/mol. The van der Waals surface area contributed by atoms with Gasteiger partial charge in [-0.2, -0.15) is 0 Å². The van der Waals surface area contributed by atoms with Crippen LogP contribution in [0, 0.1) is 0 Å². The lowest BCUT2D eigenvalue weighted by molar-refractivity contribution is 0.664. The molecule has 0 N–H and O–H groups in total. The van der Waals surface area contributed by atoms with E-state index in [0.29, 0.717) is 0 Å². The molecule has 0 aromatic carbocycles. The zero-order valence-corrected chi connectivity index (χ0v) is 18.2. The highest BCUT2D eigenvalue weighted by Gasteiger charge is 1.99. The molecule has 0 aliphatic heterocycles. The number of hydrogen-bond acceptors (Lipinski definition) is 0. The highest BCUT2D eigenvalue weighted by atomic mass is 79.9. The van der Waals surface area contributed by atoms with Crippen LogP contribution in [0.1, 0.15) is 91.9 Å². The standard InChI is InChI=1S/C20H34Br2/c1-5-7-9-11-13-17(3)19(21)15-16-20(22)18(4)14-12-10-8-6-2/h15-16H,5-14H2,1-4H3/b16-15+,19-17-,20-18-. The molecule has 0 heterocycles. The molecule has 0 aliphatic carbocycles. The molecular weight excluding hydrogens is 400 g/mol. The molecule has 0 aromatic rings. The van der Waals surface area contributed by atoms with Crippen molar-refractivity contribution in [3.8, 4) is 0 Å². The van der Waals surface area contributed by atoms with Gasteiger partial charge in [0.15, 0.2) is 0 Å². The quantitative estimate of drug-likeness (QED) is 0.213. The Labute approximate surface area is 155 Å². The Morgan fingerprint density at radius 2 is 1.00 bits per heavy atom. The van der Waals surface area contributed by atoms with Crippen molar-refractivity contribution >= 4 is 31.9 Å². The molecule has 128 valence electrons. The maximum absolute atomic E-state index is 3.71. The summed E-state index contributed by atoms with van der Waals surface area (Å²) >= 11 is 7.43. The van der Waals surface area contributed by atoms with Crippen LogP contribution < -0.4 is 0 Å². The van der Waals surface area contributed by atoms with Gasteiger partial charge in [-0.3, -0.25) is 0 Å². The van der Waals surface area contributed by atoms with Crippen LogP contribution in [0.15, 0.2) is 32.3 Å². The van der Waals surface area contributed by atoms with Crippen LogP contribution in [0.4, 0.5) is 0 Å². The second-order valence-corrected chi connectivity index (χ2v) is 7.92. The summed E-state index contributed by atoms with van der Waals surface area (Å²) in [4.78, 5) is 0. The SMILES string of the molecule is CCCCCC/C(C)=C(Br)/C=C/C(Br)=C(\C)CCCCCC. The van der Waals surface area contributed by atoms with Crippen molar-refractivity contribution in [2.75, 3.05) is 0 Å². The second kappa shape index (κ2) is 14.8. The molecule has 0 unspecified atom stereocenters. The fourth-order valence-corrected chi connectivity index (χ4v) is 2.96. The van der Waals surface area contributed by atoms with E-state index < -0.39 is 0 Å². The Kier molecular flexibility index (Phi) is 14.9. The van der Waals surface area contributed by atoms with Crippen LogP contribution in [0.2, 0.25) is 0 Å². The number of halogens is 2. The molecule has 0 bridgehead atoms. The lowest BCUT2D eigenvalue weighted by Crippen LogP contribution is -1.84. The summed E-state index contributed by atoms with van der Waals surface area (Å²) in [7, 11) is 0. The van der Waals surface area contributed by atoms with E-state index in [1.54, 1.807) is 0 Å². The third kappa shape index (κ3) is 11.7. The highest BCUT2D eigenvalue weighted by Crippen LogP contribution is 2.23. The Balaban J connectivity index is 4.33. The van der Waals surface area contributed by atoms with Gasteiger partial charge in [-0.1, -0.05) is 95.4 Å². The number of allylic oxidation sites excluding steroid dienone is 6. The first kappa shape index (κ1) is 22.2. The fraction of sp³-hybridized carbons (Fsp3) is 0.700. The van der Waals surface area contributed by atoms with E-state index in [9.17, 15) is 0 Å². The maximum atomic E-state index is 3.71. The molecule has 0 saturated heterocycles. The maximum Gasteiger partial charge on any atom is 0.0164 e. The molecule has 0 aliphatic rings. The number of rotatable bonds is 12. The van der Waals surface area contributed by atoms with Crippen molar-refractivity contribution in [2.24, 2.45) is 0 Å². The molecule has 0 atom stereocenters. The van der Waals surface area contributed by atoms with Crippen LogP contribution in [0.5, 0.6) is 0 Å². The zero-order valence-electron chi connectivity index (χ0n) is 15.0. The third-order valence-corrected chi connectivity index (χ3v) is 5.88. The Bertz CT molecular complexity index is 339. The van der Waals surface area contributed by atoms with Crippen LogP contribution in [-0.4, -0.2) is 0 Å². The number of hydrogen-bond donors (Lipinski definition) is 0. The summed E-state index contributed by atoms with van der Waals surface area (Å²) < 4.78 is 2.47. The van der Waals surface area contributed by atoms with E-state index in [0.717, 1.165) is 0 Å². The predicted octanol–water partition coefficient (Wildman–Crippen LogP) is 8.82. The molecule has 0 rings (SSSR count). The third-order valence-electron chi connectivity index (χ3n) is 4.00. The molecule has 0 nitrogen and oxygen atoms in total. The predicted molar refractivity (Wildman–Crippen MR) is 110 cm³/mol. The minimum Gasteiger partial charge on any atom is -0.0654 e. The molecule has 0 aromatic heterocycles. The number of unbranched alkanes of at least 4 members (excludes halogenated alkanes) is 6. The molecule has 2 heteroatoms. The summed E-state index contributed by atoms with van der Waals surface area (Å²) in [5, 5.41) is 0. The van der Waals surface area contributed by atoms with Crippen molar-refractivity contribution in [3.05, 3.63) is 32.3 Å². The van der Waals surface area contributed by atoms with E-state index in [1.165, 1.54) is 84.3 Å². The normalized spacial score (nSPS) is 14.3. The molecule has 0 radical (unpaired) electrons. The van der Waals surface area contributed by atoms with E-state index in [1.807, 2.05) is 0 Å². The summed E-state index contributed by atoms with van der Waals surface area (Å²) in [5.74, 6) is 0. The molecule has 0 fully saturated rings. The van der Waals surface area contributed by atoms with Crippen molar-refractivity contribution < 1.29 is 0 Å². The van der Waals surface area contributed by atoms with Gasteiger partial charge in [0.25, 0.3) is 0 Å². The minimum absolute atomic E-state index is 1.20. The molecule has 22 heavy (non-hydrogen) atoms. The summed E-state index contributed by atoms with van der Waals surface area (Å²) in [6.07, 6.45) is 17.4. The molecule has 0 amide bonds. The summed E-state index contributed by atoms with van der Waals surface area (Å²) in [5.41, 5.74) is 2.90. The Hall–Kier alpha value is 0.180. The van der Waals surface area contributed by atoms with E-state index in [-0.39, 0.29) is 0 Å². The highest BCUT2D eigenvalue weighted by molar-refractivity contribution is 9.12. The van der Waals surface area contributed by atoms with Crippen LogP contribution in [0.3, 0.4) is 0 Å². The van der Waals surface area contributed by atoms with Gasteiger partial charge < -0.3 is 0 Å². The van der Waals surface area contributed by atoms with Crippen molar-refractivity contribution in [1.82, 2.24) is 0 Å². The summed E-state index contributed by atoms with van der Waals surface area (Å²) in [6, 6.07) is 0. The van der Waals surface area contributed by atoms with Gasteiger partial charge in [0.05, 0.1) is 0 Å². The minimum atomic E-state index is 1.20. The van der Waals surface area contributed by atoms with Crippen LogP contribution >= 0.6 is 31.9 Å². The van der Waals surface area contributed by atoms with Crippen molar-refractivity contribution in [1.29, 1.82) is 0 Å². The average molecular weight is 434 g/mol. The van der Waals surface area contributed by atoms with Gasteiger partial charge in [-0.05, 0) is 51.7 Å². The van der Waals surface area contributed by atoms with Gasteiger partial charge in [0, 0.05) is 8.96 Å². The van der Waals surface area contributed by atoms with E-state index in [4.69, 9.17) is 0 Å². The van der Waals surface area contributed by atoms with Gasteiger partial charge in [-0.15, -0.1) is 0 Å². The Morgan fingerprint density at radius 3 is 1.32 bits per heavy atom. The van der Waals surface area contributed by atoms with Gasteiger partial charge >= 0.3 is 0 Å². The lowest BCUT2D eigenvalue weighted by Gasteiger charge is -2.04. The van der Waals surface area contributed by atoms with Crippen LogP contribution in [-0.2, 0) is 0 Å². The zero-order chi connectivity index (χ0) is 16.8. The van der Waals surface area contributed by atoms with Gasteiger partial charge in [0.2, 0.25) is 0 Å². The Morgan fingerprint density at radius 1 is 0.636 bits per heavy atom. The van der Waals surface area contributed by atoms with E-state index in [2.05, 4.69) is 71.7 Å². The second-order valence-electron chi connectivity index (χ2n) is 6.21. The first-order valence-electron chi connectivity index (χ1n) is 8.91. The topological polar surface area (TPSA) is 0 Å². The van der Waals surface area contributed by atoms with E-state index >= 15 is 0 Å². The van der Waals surface area contributed by atoms with Gasteiger partial charge in [-0.25, -0.2) is 0 Å². The average Bonchev–Trinajstić information content (AvgIpc) is 2.52. The molecule has 0 spiro atoms. The fourth-order valence-electron chi connectivity index (χ4n) is 2.30. The largest absolute Gasteiger partial charge is 0.0654 e. The first-order chi connectivity index (χ1) is 10.5. The van der Waals surface area contributed by atoms with Crippen LogP contribution in [0.25, 0.3) is 0 Å². The smallest absolute Gasteiger partial charge is 0.0164 e. The lowest BCUT2D eigenvalue weighted by atomic mass is 10.1. The summed E-state index contributed by atoms with van der Waals surface area (Å²) in [6.45, 7) is 8.98. The molecular formula is C20H34Br2.